The molecule has 1 aromatic heterocycles. The van der Waals surface area contributed by atoms with Crippen LogP contribution in [0.25, 0.3) is 0 Å². The van der Waals surface area contributed by atoms with Gasteiger partial charge in [-0.15, -0.1) is 0 Å². The van der Waals surface area contributed by atoms with E-state index in [-0.39, 0.29) is 0 Å². The van der Waals surface area contributed by atoms with Crippen molar-refractivity contribution in [3.8, 4) is 0 Å². The van der Waals surface area contributed by atoms with E-state index in [4.69, 9.17) is 4.52 Å². The number of nitrogens with one attached hydrogen (secondary N) is 1. The number of likely N-dealkylation sites (tertiary alicyclic amines) is 1. The summed E-state index contributed by atoms with van der Waals surface area (Å²) in [6.45, 7) is 3.26. The molecular weight excluding hydrogens is 216 g/mol. The molecule has 5 nitrogen and oxygen atoms in total. The summed E-state index contributed by atoms with van der Waals surface area (Å²) in [4.78, 5) is 6.86. The number of nitrogens with zero attached hydrogens (tertiary/aromatic N) is 3. The lowest BCUT2D eigenvalue weighted by atomic mass is 9.97. The average Bonchev–Trinajstić information content (AvgIpc) is 2.79. The lowest BCUT2D eigenvalue weighted by Crippen LogP contribution is -2.29. The molecule has 1 aliphatic rings. The first-order valence-electron chi connectivity index (χ1n) is 6.45. The Balaban J connectivity index is 1.85. The van der Waals surface area contributed by atoms with Crippen molar-refractivity contribution < 1.29 is 4.52 Å². The van der Waals surface area contributed by atoms with Gasteiger partial charge in [0.25, 0.3) is 0 Å². The minimum absolute atomic E-state index is 0.494. The predicted molar refractivity (Wildman–Crippen MR) is 66.0 cm³/mol. The molecule has 0 unspecified atom stereocenters. The van der Waals surface area contributed by atoms with Crippen LogP contribution in [-0.4, -0.2) is 48.8 Å². The molecule has 1 saturated heterocycles. The predicted octanol–water partition coefficient (Wildman–Crippen LogP) is 1.03. The smallest absolute Gasteiger partial charge is 0.226 e. The van der Waals surface area contributed by atoms with Crippen LogP contribution in [0.15, 0.2) is 4.52 Å². The summed E-state index contributed by atoms with van der Waals surface area (Å²) >= 11 is 0. The van der Waals surface area contributed by atoms with Crippen LogP contribution in [0.3, 0.4) is 0 Å². The fourth-order valence-corrected chi connectivity index (χ4v) is 2.22. The molecule has 5 heteroatoms. The molecule has 17 heavy (non-hydrogen) atoms. The number of piperidine rings is 1. The summed E-state index contributed by atoms with van der Waals surface area (Å²) < 4.78 is 5.29. The summed E-state index contributed by atoms with van der Waals surface area (Å²) in [5.74, 6) is 2.19. The van der Waals surface area contributed by atoms with E-state index in [0.717, 1.165) is 57.0 Å². The molecule has 0 bridgehead atoms. The molecule has 0 aromatic carbocycles. The zero-order valence-corrected chi connectivity index (χ0v) is 10.8. The zero-order chi connectivity index (χ0) is 12.1. The van der Waals surface area contributed by atoms with E-state index < -0.39 is 0 Å². The topological polar surface area (TPSA) is 54.2 Å². The highest BCUT2D eigenvalue weighted by molar-refractivity contribution is 4.97. The zero-order valence-electron chi connectivity index (χ0n) is 10.8. The number of aromatic nitrogens is 2. The average molecular weight is 238 g/mol. The Morgan fingerprint density at radius 1 is 1.41 bits per heavy atom. The van der Waals surface area contributed by atoms with E-state index in [1.165, 1.54) is 0 Å². The minimum Gasteiger partial charge on any atom is -0.339 e. The van der Waals surface area contributed by atoms with Gasteiger partial charge in [-0.2, -0.15) is 4.98 Å². The van der Waals surface area contributed by atoms with Gasteiger partial charge in [-0.25, -0.2) is 0 Å². The molecule has 2 rings (SSSR count). The van der Waals surface area contributed by atoms with Crippen LogP contribution in [0.4, 0.5) is 0 Å². The molecule has 2 heterocycles. The monoisotopic (exact) mass is 238 g/mol. The lowest BCUT2D eigenvalue weighted by Gasteiger charge is -2.26. The molecule has 0 spiro atoms. The Bertz CT molecular complexity index is 331. The number of hydrogen-bond donors (Lipinski definition) is 1. The molecule has 0 amide bonds. The summed E-state index contributed by atoms with van der Waals surface area (Å²) in [7, 11) is 4.12. The van der Waals surface area contributed by atoms with Crippen molar-refractivity contribution in [1.29, 1.82) is 0 Å². The van der Waals surface area contributed by atoms with Crippen molar-refractivity contribution in [2.45, 2.75) is 31.6 Å². The molecule has 0 aliphatic carbocycles. The van der Waals surface area contributed by atoms with Crippen LogP contribution in [0.5, 0.6) is 0 Å². The normalized spacial score (nSPS) is 18.7. The molecule has 1 aliphatic heterocycles. The fraction of sp³-hybridized carbons (Fsp3) is 0.833. The highest BCUT2D eigenvalue weighted by Gasteiger charge is 2.22. The summed E-state index contributed by atoms with van der Waals surface area (Å²) in [5.41, 5.74) is 0. The van der Waals surface area contributed by atoms with Gasteiger partial charge in [0.2, 0.25) is 5.89 Å². The Labute approximate surface area is 103 Å². The summed E-state index contributed by atoms with van der Waals surface area (Å²) in [5, 5.41) is 7.24. The van der Waals surface area contributed by atoms with Gasteiger partial charge in [0.15, 0.2) is 5.82 Å². The van der Waals surface area contributed by atoms with Crippen LogP contribution >= 0.6 is 0 Å². The van der Waals surface area contributed by atoms with Gasteiger partial charge in [-0.05, 0) is 53.0 Å². The van der Waals surface area contributed by atoms with E-state index in [0.29, 0.717) is 5.92 Å². The van der Waals surface area contributed by atoms with Gasteiger partial charge in [-0.3, -0.25) is 0 Å². The van der Waals surface area contributed by atoms with Crippen molar-refractivity contribution in [2.75, 3.05) is 33.7 Å². The van der Waals surface area contributed by atoms with E-state index in [2.05, 4.69) is 27.4 Å². The van der Waals surface area contributed by atoms with Gasteiger partial charge in [0.05, 0.1) is 0 Å². The quantitative estimate of drug-likeness (QED) is 0.777. The molecule has 1 N–H and O–H groups in total. The maximum absolute atomic E-state index is 5.29. The number of rotatable bonds is 5. The van der Waals surface area contributed by atoms with Gasteiger partial charge in [0.1, 0.15) is 0 Å². The van der Waals surface area contributed by atoms with Crippen LogP contribution in [-0.2, 0) is 6.42 Å². The first kappa shape index (κ1) is 12.5. The third-order valence-corrected chi connectivity index (χ3v) is 3.38. The summed E-state index contributed by atoms with van der Waals surface area (Å²) in [6.07, 6.45) is 4.21. The Hall–Kier alpha value is -0.940. The van der Waals surface area contributed by atoms with E-state index in [1.807, 2.05) is 7.05 Å². The SMILES string of the molecule is CNCCCc1nc(C2CCN(C)CC2)no1. The first-order chi connectivity index (χ1) is 8.29. The van der Waals surface area contributed by atoms with Crippen molar-refractivity contribution in [1.82, 2.24) is 20.4 Å². The Morgan fingerprint density at radius 3 is 2.88 bits per heavy atom. The summed E-state index contributed by atoms with van der Waals surface area (Å²) in [6, 6.07) is 0. The number of aryl methyl sites for hydroxylation is 1. The standard InChI is InChI=1S/C12H22N4O/c1-13-7-3-4-11-14-12(15-17-11)10-5-8-16(2)9-6-10/h10,13H,3-9H2,1-2H3. The fourth-order valence-electron chi connectivity index (χ4n) is 2.22. The molecule has 1 fully saturated rings. The second kappa shape index (κ2) is 6.12. The van der Waals surface area contributed by atoms with Crippen molar-refractivity contribution in [2.24, 2.45) is 0 Å². The van der Waals surface area contributed by atoms with Crippen LogP contribution in [0.2, 0.25) is 0 Å². The lowest BCUT2D eigenvalue weighted by molar-refractivity contribution is 0.248. The van der Waals surface area contributed by atoms with E-state index in [9.17, 15) is 0 Å². The van der Waals surface area contributed by atoms with Crippen LogP contribution in [0.1, 0.15) is 36.9 Å². The van der Waals surface area contributed by atoms with E-state index in [1.54, 1.807) is 0 Å². The first-order valence-corrected chi connectivity index (χ1v) is 6.45. The minimum atomic E-state index is 0.494. The third-order valence-electron chi connectivity index (χ3n) is 3.38. The highest BCUT2D eigenvalue weighted by atomic mass is 16.5. The third kappa shape index (κ3) is 3.51. The largest absolute Gasteiger partial charge is 0.339 e. The van der Waals surface area contributed by atoms with Crippen LogP contribution in [0, 0.1) is 0 Å². The Kier molecular flexibility index (Phi) is 4.50. The molecule has 96 valence electrons. The van der Waals surface area contributed by atoms with Gasteiger partial charge in [0, 0.05) is 12.3 Å². The molecule has 1 aromatic rings. The van der Waals surface area contributed by atoms with Crippen molar-refractivity contribution >= 4 is 0 Å². The molecular formula is C12H22N4O. The van der Waals surface area contributed by atoms with Crippen molar-refractivity contribution in [3.63, 3.8) is 0 Å². The van der Waals surface area contributed by atoms with E-state index >= 15 is 0 Å². The second-order valence-electron chi connectivity index (χ2n) is 4.83. The molecule has 0 saturated carbocycles. The maximum Gasteiger partial charge on any atom is 0.226 e. The molecule has 0 radical (unpaired) electrons. The molecule has 0 atom stereocenters. The number of hydrogen-bond acceptors (Lipinski definition) is 5. The maximum atomic E-state index is 5.29. The van der Waals surface area contributed by atoms with Gasteiger partial charge >= 0.3 is 0 Å². The Morgan fingerprint density at radius 2 is 2.18 bits per heavy atom. The second-order valence-corrected chi connectivity index (χ2v) is 4.83. The van der Waals surface area contributed by atoms with Gasteiger partial charge < -0.3 is 14.7 Å². The van der Waals surface area contributed by atoms with Gasteiger partial charge in [-0.1, -0.05) is 5.16 Å². The van der Waals surface area contributed by atoms with Crippen LogP contribution < -0.4 is 5.32 Å². The highest BCUT2D eigenvalue weighted by Crippen LogP contribution is 2.25. The van der Waals surface area contributed by atoms with Crippen molar-refractivity contribution in [3.05, 3.63) is 11.7 Å².